The van der Waals surface area contributed by atoms with Crippen molar-refractivity contribution in [3.63, 3.8) is 0 Å². The van der Waals surface area contributed by atoms with Crippen molar-refractivity contribution in [2.75, 3.05) is 26.3 Å². The maximum absolute atomic E-state index is 11.6. The van der Waals surface area contributed by atoms with Crippen LogP contribution in [0.3, 0.4) is 0 Å². The third-order valence-corrected chi connectivity index (χ3v) is 3.00. The third kappa shape index (κ3) is 3.83. The zero-order chi connectivity index (χ0) is 12.8. The molecule has 0 radical (unpaired) electrons. The normalized spacial score (nSPS) is 26.0. The van der Waals surface area contributed by atoms with Crippen molar-refractivity contribution in [3.05, 3.63) is 0 Å². The Morgan fingerprint density at radius 2 is 2.24 bits per heavy atom. The third-order valence-electron chi connectivity index (χ3n) is 3.00. The summed E-state index contributed by atoms with van der Waals surface area (Å²) in [5.41, 5.74) is 0. The minimum atomic E-state index is -1.00. The average molecular weight is 247 g/mol. The Kier molecular flexibility index (Phi) is 5.67. The summed E-state index contributed by atoms with van der Waals surface area (Å²) in [6, 6.07) is 0. The van der Waals surface area contributed by atoms with E-state index < -0.39 is 30.8 Å². The van der Waals surface area contributed by atoms with Crippen LogP contribution in [0.25, 0.3) is 0 Å². The van der Waals surface area contributed by atoms with E-state index in [-0.39, 0.29) is 13.1 Å². The van der Waals surface area contributed by atoms with Gasteiger partial charge in [-0.1, -0.05) is 13.3 Å². The van der Waals surface area contributed by atoms with E-state index in [4.69, 9.17) is 9.84 Å². The first-order valence-electron chi connectivity index (χ1n) is 5.98. The molecule has 0 saturated carbocycles. The summed E-state index contributed by atoms with van der Waals surface area (Å²) in [6.45, 7) is 2.32. The van der Waals surface area contributed by atoms with Crippen molar-refractivity contribution < 1.29 is 24.9 Å². The Bertz CT molecular complexity index is 248. The molecule has 0 aromatic heterocycles. The van der Waals surface area contributed by atoms with Crippen LogP contribution in [0.2, 0.25) is 0 Å². The van der Waals surface area contributed by atoms with Crippen LogP contribution in [0.1, 0.15) is 19.8 Å². The maximum atomic E-state index is 11.6. The number of β-amino-alcohol motifs (C(OH)–C–C–N with tert-alkyl or cyclic N) is 1. The highest BCUT2D eigenvalue weighted by atomic mass is 16.6. The quantitative estimate of drug-likeness (QED) is 0.573. The highest BCUT2D eigenvalue weighted by molar-refractivity contribution is 5.68. The molecule has 1 aliphatic rings. The molecule has 6 heteroatoms. The first-order valence-corrected chi connectivity index (χ1v) is 5.98. The second kappa shape index (κ2) is 6.78. The molecule has 0 aromatic rings. The van der Waals surface area contributed by atoms with Gasteiger partial charge >= 0.3 is 6.09 Å². The standard InChI is InChI=1S/C11H21NO5/c1-2-3-4-17-11(16)12-5-8(9(14)6-12)10(15)7-13/h8-10,13-15H,2-7H2,1H3/t8-,9-,10+/m0/s1. The molecule has 1 heterocycles. The summed E-state index contributed by atoms with van der Waals surface area (Å²) in [7, 11) is 0. The van der Waals surface area contributed by atoms with Gasteiger partial charge in [0.15, 0.2) is 0 Å². The van der Waals surface area contributed by atoms with Crippen molar-refractivity contribution in [1.82, 2.24) is 4.90 Å². The number of nitrogens with zero attached hydrogens (tertiary/aromatic N) is 1. The molecular formula is C11H21NO5. The predicted molar refractivity (Wildman–Crippen MR) is 60.4 cm³/mol. The van der Waals surface area contributed by atoms with Gasteiger partial charge in [-0.25, -0.2) is 4.79 Å². The number of ether oxygens (including phenoxy) is 1. The molecule has 1 aliphatic heterocycles. The van der Waals surface area contributed by atoms with E-state index in [1.807, 2.05) is 6.92 Å². The SMILES string of the molecule is CCCCOC(=O)N1C[C@H]([C@H](O)CO)[C@@H](O)C1. The first-order chi connectivity index (χ1) is 8.10. The van der Waals surface area contributed by atoms with E-state index in [0.717, 1.165) is 12.8 Å². The molecule has 1 saturated heterocycles. The molecule has 1 rings (SSSR count). The largest absolute Gasteiger partial charge is 0.449 e. The molecule has 0 aromatic carbocycles. The second-order valence-corrected chi connectivity index (χ2v) is 4.35. The molecule has 0 unspecified atom stereocenters. The van der Waals surface area contributed by atoms with Gasteiger partial charge in [-0.3, -0.25) is 0 Å². The molecule has 1 amide bonds. The fraction of sp³-hybridized carbons (Fsp3) is 0.909. The fourth-order valence-electron chi connectivity index (χ4n) is 1.87. The smallest absolute Gasteiger partial charge is 0.409 e. The molecule has 100 valence electrons. The number of unbranched alkanes of at least 4 members (excludes halogenated alkanes) is 1. The topological polar surface area (TPSA) is 90.2 Å². The molecule has 6 nitrogen and oxygen atoms in total. The van der Waals surface area contributed by atoms with Gasteiger partial charge in [0.1, 0.15) is 0 Å². The summed E-state index contributed by atoms with van der Waals surface area (Å²) in [5, 5.41) is 27.9. The Morgan fingerprint density at radius 3 is 2.82 bits per heavy atom. The number of carbonyl (C=O) groups excluding carboxylic acids is 1. The summed E-state index contributed by atoms with van der Waals surface area (Å²) >= 11 is 0. The molecule has 17 heavy (non-hydrogen) atoms. The average Bonchev–Trinajstić information content (AvgIpc) is 2.70. The van der Waals surface area contributed by atoms with E-state index in [1.165, 1.54) is 4.90 Å². The van der Waals surface area contributed by atoms with E-state index in [9.17, 15) is 15.0 Å². The van der Waals surface area contributed by atoms with Crippen LogP contribution in [0.15, 0.2) is 0 Å². The number of rotatable bonds is 5. The number of hydrogen-bond donors (Lipinski definition) is 3. The molecule has 0 spiro atoms. The lowest BCUT2D eigenvalue weighted by Gasteiger charge is -2.18. The van der Waals surface area contributed by atoms with Gasteiger partial charge in [-0.15, -0.1) is 0 Å². The Labute approximate surface area is 101 Å². The van der Waals surface area contributed by atoms with Crippen LogP contribution in [0, 0.1) is 5.92 Å². The van der Waals surface area contributed by atoms with E-state index >= 15 is 0 Å². The zero-order valence-corrected chi connectivity index (χ0v) is 10.1. The van der Waals surface area contributed by atoms with Crippen molar-refractivity contribution in [2.24, 2.45) is 5.92 Å². The molecule has 0 aliphatic carbocycles. The first kappa shape index (κ1) is 14.2. The van der Waals surface area contributed by atoms with E-state index in [0.29, 0.717) is 6.61 Å². The Balaban J connectivity index is 2.39. The highest BCUT2D eigenvalue weighted by Crippen LogP contribution is 2.21. The Hall–Kier alpha value is -0.850. The molecule has 0 bridgehead atoms. The summed E-state index contributed by atoms with van der Waals surface area (Å²) in [4.78, 5) is 12.9. The lowest BCUT2D eigenvalue weighted by Crippen LogP contribution is -2.33. The van der Waals surface area contributed by atoms with Crippen LogP contribution < -0.4 is 0 Å². The number of carbonyl (C=O) groups is 1. The Morgan fingerprint density at radius 1 is 1.53 bits per heavy atom. The monoisotopic (exact) mass is 247 g/mol. The van der Waals surface area contributed by atoms with Gasteiger partial charge in [-0.2, -0.15) is 0 Å². The van der Waals surface area contributed by atoms with Gasteiger partial charge in [0.05, 0.1) is 32.0 Å². The number of amides is 1. The van der Waals surface area contributed by atoms with Gasteiger partial charge in [0, 0.05) is 12.5 Å². The number of aliphatic hydroxyl groups excluding tert-OH is 3. The summed E-state index contributed by atoms with van der Waals surface area (Å²) in [6.07, 6.45) is -0.522. The number of likely N-dealkylation sites (tertiary alicyclic amines) is 1. The minimum Gasteiger partial charge on any atom is -0.449 e. The molecule has 1 fully saturated rings. The molecule has 3 atom stereocenters. The molecule has 3 N–H and O–H groups in total. The second-order valence-electron chi connectivity index (χ2n) is 4.35. The summed E-state index contributed by atoms with van der Waals surface area (Å²) < 4.78 is 5.01. The van der Waals surface area contributed by atoms with E-state index in [2.05, 4.69) is 0 Å². The number of aliphatic hydroxyl groups is 3. The van der Waals surface area contributed by atoms with Crippen LogP contribution >= 0.6 is 0 Å². The van der Waals surface area contributed by atoms with Crippen LogP contribution in [0.4, 0.5) is 4.79 Å². The zero-order valence-electron chi connectivity index (χ0n) is 10.1. The van der Waals surface area contributed by atoms with Crippen molar-refractivity contribution >= 4 is 6.09 Å². The van der Waals surface area contributed by atoms with Crippen molar-refractivity contribution in [2.45, 2.75) is 32.0 Å². The number of hydrogen-bond acceptors (Lipinski definition) is 5. The van der Waals surface area contributed by atoms with E-state index in [1.54, 1.807) is 0 Å². The lowest BCUT2D eigenvalue weighted by molar-refractivity contribution is 0.00678. The van der Waals surface area contributed by atoms with Crippen LogP contribution in [0.5, 0.6) is 0 Å². The van der Waals surface area contributed by atoms with Crippen molar-refractivity contribution in [3.8, 4) is 0 Å². The van der Waals surface area contributed by atoms with Gasteiger partial charge < -0.3 is 25.0 Å². The van der Waals surface area contributed by atoms with Gasteiger partial charge in [0.25, 0.3) is 0 Å². The highest BCUT2D eigenvalue weighted by Gasteiger charge is 2.38. The fourth-order valence-corrected chi connectivity index (χ4v) is 1.87. The summed E-state index contributed by atoms with van der Waals surface area (Å²) in [5.74, 6) is -0.501. The van der Waals surface area contributed by atoms with Crippen LogP contribution in [-0.2, 0) is 4.74 Å². The minimum absolute atomic E-state index is 0.146. The van der Waals surface area contributed by atoms with Gasteiger partial charge in [0.2, 0.25) is 0 Å². The predicted octanol–water partition coefficient (Wildman–Crippen LogP) is -0.431. The van der Waals surface area contributed by atoms with Crippen LogP contribution in [-0.4, -0.2) is 64.8 Å². The molecular weight excluding hydrogens is 226 g/mol. The van der Waals surface area contributed by atoms with Crippen molar-refractivity contribution in [1.29, 1.82) is 0 Å². The lowest BCUT2D eigenvalue weighted by atomic mass is 10.00. The maximum Gasteiger partial charge on any atom is 0.409 e. The van der Waals surface area contributed by atoms with Gasteiger partial charge in [-0.05, 0) is 6.42 Å².